The van der Waals surface area contributed by atoms with Crippen molar-refractivity contribution < 1.29 is 0 Å². The summed E-state index contributed by atoms with van der Waals surface area (Å²) in [6.45, 7) is 7.62. The van der Waals surface area contributed by atoms with Crippen LogP contribution in [0.3, 0.4) is 0 Å². The third-order valence-corrected chi connectivity index (χ3v) is 3.18. The fourth-order valence-corrected chi connectivity index (χ4v) is 2.19. The summed E-state index contributed by atoms with van der Waals surface area (Å²) in [5, 5.41) is 3.24. The molecule has 1 aromatic rings. The van der Waals surface area contributed by atoms with Crippen LogP contribution in [-0.2, 0) is 6.42 Å². The molecular formula is C14H20ClN3. The average molecular weight is 266 g/mol. The number of nitrogens with two attached hydrogens (primary N) is 1. The van der Waals surface area contributed by atoms with E-state index < -0.39 is 0 Å². The maximum Gasteiger partial charge on any atom is 0.118 e. The molecule has 0 aliphatic carbocycles. The molecule has 2 rings (SSSR count). The lowest BCUT2D eigenvalue weighted by Crippen LogP contribution is -2.31. The molecule has 1 aliphatic rings. The number of benzene rings is 1. The predicted molar refractivity (Wildman–Crippen MR) is 79.6 cm³/mol. The van der Waals surface area contributed by atoms with Gasteiger partial charge in [-0.25, -0.2) is 0 Å². The quantitative estimate of drug-likeness (QED) is 0.820. The fraction of sp³-hybridized carbons (Fsp3) is 0.357. The number of allylic oxidation sites excluding steroid dienone is 1. The van der Waals surface area contributed by atoms with E-state index in [0.29, 0.717) is 0 Å². The van der Waals surface area contributed by atoms with Gasteiger partial charge in [-0.05, 0) is 30.0 Å². The monoisotopic (exact) mass is 265 g/mol. The fourth-order valence-electron chi connectivity index (χ4n) is 2.19. The zero-order valence-electron chi connectivity index (χ0n) is 10.6. The first-order valence-electron chi connectivity index (χ1n) is 5.97. The van der Waals surface area contributed by atoms with Gasteiger partial charge in [0.15, 0.2) is 0 Å². The first kappa shape index (κ1) is 14.7. The summed E-state index contributed by atoms with van der Waals surface area (Å²) in [6, 6.07) is 6.12. The molecule has 0 bridgehead atoms. The first-order chi connectivity index (χ1) is 8.24. The molecule has 0 radical (unpaired) electrons. The van der Waals surface area contributed by atoms with Crippen LogP contribution < -0.4 is 11.1 Å². The van der Waals surface area contributed by atoms with Crippen LogP contribution in [0.2, 0.25) is 0 Å². The highest BCUT2D eigenvalue weighted by molar-refractivity contribution is 5.89. The second-order valence-electron chi connectivity index (χ2n) is 4.30. The van der Waals surface area contributed by atoms with Gasteiger partial charge in [-0.2, -0.15) is 0 Å². The highest BCUT2D eigenvalue weighted by Crippen LogP contribution is 2.21. The third kappa shape index (κ3) is 2.92. The molecular weight excluding hydrogens is 246 g/mol. The number of nitrogens with one attached hydrogen (secondary N) is 1. The van der Waals surface area contributed by atoms with E-state index >= 15 is 0 Å². The summed E-state index contributed by atoms with van der Waals surface area (Å²) in [5.74, 6) is 0.906. The molecule has 1 heterocycles. The molecule has 3 nitrogen and oxygen atoms in total. The van der Waals surface area contributed by atoms with Gasteiger partial charge < -0.3 is 11.1 Å². The second kappa shape index (κ2) is 6.57. The Kier molecular flexibility index (Phi) is 5.38. The maximum absolute atomic E-state index is 6.25. The molecule has 0 amide bonds. The number of aliphatic imine (C=N–C) groups is 1. The molecule has 0 fully saturated rings. The Balaban J connectivity index is 0.00000162. The van der Waals surface area contributed by atoms with Crippen molar-refractivity contribution in [1.29, 1.82) is 0 Å². The molecule has 0 aromatic heterocycles. The largest absolute Gasteiger partial charge is 0.370 e. The van der Waals surface area contributed by atoms with Gasteiger partial charge in [0.2, 0.25) is 0 Å². The van der Waals surface area contributed by atoms with Crippen molar-refractivity contribution >= 4 is 18.2 Å². The smallest absolute Gasteiger partial charge is 0.118 e. The van der Waals surface area contributed by atoms with Crippen molar-refractivity contribution in [1.82, 2.24) is 5.32 Å². The zero-order chi connectivity index (χ0) is 12.3. The van der Waals surface area contributed by atoms with Crippen LogP contribution in [0.25, 0.3) is 0 Å². The van der Waals surface area contributed by atoms with E-state index in [4.69, 9.17) is 5.73 Å². The molecule has 0 spiro atoms. The van der Waals surface area contributed by atoms with E-state index in [1.807, 2.05) is 6.08 Å². The molecule has 1 atom stereocenters. The minimum Gasteiger partial charge on any atom is -0.370 e. The molecule has 98 valence electrons. The Labute approximate surface area is 115 Å². The van der Waals surface area contributed by atoms with Crippen molar-refractivity contribution in [3.63, 3.8) is 0 Å². The van der Waals surface area contributed by atoms with Crippen LogP contribution in [0.5, 0.6) is 0 Å². The van der Waals surface area contributed by atoms with E-state index in [0.717, 1.165) is 30.9 Å². The minimum atomic E-state index is -0.137. The van der Waals surface area contributed by atoms with Crippen LogP contribution in [0, 0.1) is 6.92 Å². The molecule has 0 saturated heterocycles. The van der Waals surface area contributed by atoms with Gasteiger partial charge in [0.05, 0.1) is 12.6 Å². The van der Waals surface area contributed by atoms with Crippen LogP contribution >= 0.6 is 12.4 Å². The van der Waals surface area contributed by atoms with Gasteiger partial charge in [0.1, 0.15) is 5.84 Å². The topological polar surface area (TPSA) is 50.4 Å². The van der Waals surface area contributed by atoms with Gasteiger partial charge in [-0.15, -0.1) is 19.0 Å². The van der Waals surface area contributed by atoms with Crippen LogP contribution in [-0.4, -0.2) is 18.9 Å². The predicted octanol–water partition coefficient (Wildman–Crippen LogP) is 2.15. The van der Waals surface area contributed by atoms with Gasteiger partial charge in [-0.1, -0.05) is 24.3 Å². The molecule has 1 unspecified atom stereocenters. The van der Waals surface area contributed by atoms with E-state index in [1.165, 1.54) is 11.1 Å². The van der Waals surface area contributed by atoms with E-state index in [-0.39, 0.29) is 18.4 Å². The summed E-state index contributed by atoms with van der Waals surface area (Å²) in [6.07, 6.45) is 2.80. The summed E-state index contributed by atoms with van der Waals surface area (Å²) in [7, 11) is 0. The standard InChI is InChI=1S/C14H19N3.ClH/c1-3-5-11-6-4-7-12(10(11)2)13(15)14-16-8-9-17-14;/h3-4,6-7,13H,1,5,8-9,15H2,2H3,(H,16,17);1H. The average Bonchev–Trinajstić information content (AvgIpc) is 2.85. The van der Waals surface area contributed by atoms with Crippen molar-refractivity contribution in [3.05, 3.63) is 47.5 Å². The number of hydrogen-bond acceptors (Lipinski definition) is 3. The Hall–Kier alpha value is -1.32. The number of hydrogen-bond donors (Lipinski definition) is 2. The summed E-state index contributed by atoms with van der Waals surface area (Å²) in [4.78, 5) is 4.39. The van der Waals surface area contributed by atoms with Gasteiger partial charge >= 0.3 is 0 Å². The van der Waals surface area contributed by atoms with E-state index in [1.54, 1.807) is 0 Å². The van der Waals surface area contributed by atoms with Crippen molar-refractivity contribution in [3.8, 4) is 0 Å². The maximum atomic E-state index is 6.25. The highest BCUT2D eigenvalue weighted by atomic mass is 35.5. The van der Waals surface area contributed by atoms with Crippen LogP contribution in [0.1, 0.15) is 22.7 Å². The molecule has 4 heteroatoms. The number of rotatable bonds is 4. The Morgan fingerprint density at radius 3 is 2.94 bits per heavy atom. The SMILES string of the molecule is C=CCc1cccc(C(N)C2=NCCN2)c1C.Cl. The van der Waals surface area contributed by atoms with Gasteiger partial charge in [0.25, 0.3) is 0 Å². The molecule has 3 N–H and O–H groups in total. The van der Waals surface area contributed by atoms with E-state index in [9.17, 15) is 0 Å². The lowest BCUT2D eigenvalue weighted by atomic mass is 9.95. The van der Waals surface area contributed by atoms with Crippen molar-refractivity contribution in [2.75, 3.05) is 13.1 Å². The number of halogens is 1. The van der Waals surface area contributed by atoms with Gasteiger partial charge in [-0.3, -0.25) is 4.99 Å². The lowest BCUT2D eigenvalue weighted by Gasteiger charge is -2.17. The Bertz CT molecular complexity index is 454. The number of nitrogens with zero attached hydrogens (tertiary/aromatic N) is 1. The van der Waals surface area contributed by atoms with E-state index in [2.05, 4.69) is 42.0 Å². The van der Waals surface area contributed by atoms with Crippen molar-refractivity contribution in [2.24, 2.45) is 10.7 Å². The lowest BCUT2D eigenvalue weighted by molar-refractivity contribution is 0.883. The summed E-state index contributed by atoms with van der Waals surface area (Å²) in [5.41, 5.74) is 9.93. The van der Waals surface area contributed by atoms with Gasteiger partial charge in [0, 0.05) is 6.54 Å². The second-order valence-corrected chi connectivity index (χ2v) is 4.30. The summed E-state index contributed by atoms with van der Waals surface area (Å²) >= 11 is 0. The Morgan fingerprint density at radius 2 is 2.33 bits per heavy atom. The summed E-state index contributed by atoms with van der Waals surface area (Å²) < 4.78 is 0. The number of amidine groups is 1. The minimum absolute atomic E-state index is 0. The molecule has 0 saturated carbocycles. The first-order valence-corrected chi connectivity index (χ1v) is 5.97. The highest BCUT2D eigenvalue weighted by Gasteiger charge is 2.18. The third-order valence-electron chi connectivity index (χ3n) is 3.18. The zero-order valence-corrected chi connectivity index (χ0v) is 11.5. The normalized spacial score (nSPS) is 15.3. The van der Waals surface area contributed by atoms with Crippen molar-refractivity contribution in [2.45, 2.75) is 19.4 Å². The molecule has 1 aliphatic heterocycles. The molecule has 1 aromatic carbocycles. The van der Waals surface area contributed by atoms with Crippen LogP contribution in [0.4, 0.5) is 0 Å². The molecule has 18 heavy (non-hydrogen) atoms. The van der Waals surface area contributed by atoms with Crippen LogP contribution in [0.15, 0.2) is 35.8 Å². The Morgan fingerprint density at radius 1 is 1.56 bits per heavy atom.